The third-order valence-corrected chi connectivity index (χ3v) is 2.81. The van der Waals surface area contributed by atoms with Crippen LogP contribution in [0.2, 0.25) is 0 Å². The quantitative estimate of drug-likeness (QED) is 0.480. The fraction of sp³-hybridized carbons (Fsp3) is 0.409. The molecule has 0 N–H and O–H groups in total. The van der Waals surface area contributed by atoms with E-state index in [1.54, 1.807) is 6.07 Å². The number of benzene rings is 2. The van der Waals surface area contributed by atoms with Crippen molar-refractivity contribution < 1.29 is 9.53 Å². The predicted octanol–water partition coefficient (Wildman–Crippen LogP) is 7.13. The standard InChI is InChI=1S/C14H10O2.4C2H6/c15-14-13-8-4-3-7-12(13)11-6-2-1-5-10(11)9-16-14;4*1-2/h1-8H,9H2;4*1-2H3. The average Bonchev–Trinajstić information content (AvgIpc) is 2.86. The van der Waals surface area contributed by atoms with Gasteiger partial charge in [-0.25, -0.2) is 4.79 Å². The summed E-state index contributed by atoms with van der Waals surface area (Å²) in [6.07, 6.45) is 0. The van der Waals surface area contributed by atoms with Crippen molar-refractivity contribution in [3.8, 4) is 11.1 Å². The van der Waals surface area contributed by atoms with Crippen molar-refractivity contribution in [1.82, 2.24) is 0 Å². The first kappa shape index (κ1) is 24.2. The van der Waals surface area contributed by atoms with Crippen LogP contribution in [-0.2, 0) is 11.3 Å². The first-order valence-corrected chi connectivity index (χ1v) is 9.21. The molecule has 0 radical (unpaired) electrons. The van der Waals surface area contributed by atoms with E-state index in [0.717, 1.165) is 16.7 Å². The van der Waals surface area contributed by atoms with Crippen molar-refractivity contribution in [2.45, 2.75) is 62.0 Å². The fourth-order valence-corrected chi connectivity index (χ4v) is 2.03. The predicted molar refractivity (Wildman–Crippen MR) is 106 cm³/mol. The Morgan fingerprint density at radius 1 is 0.625 bits per heavy atom. The minimum atomic E-state index is -0.244. The summed E-state index contributed by atoms with van der Waals surface area (Å²) in [4.78, 5) is 11.8. The molecule has 0 aromatic heterocycles. The Balaban J connectivity index is 0. The lowest BCUT2D eigenvalue weighted by Crippen LogP contribution is -2.02. The lowest BCUT2D eigenvalue weighted by Gasteiger charge is -2.05. The van der Waals surface area contributed by atoms with Crippen LogP contribution in [0.4, 0.5) is 0 Å². The molecule has 0 amide bonds. The lowest BCUT2D eigenvalue weighted by molar-refractivity contribution is 0.0479. The Bertz CT molecular complexity index is 559. The van der Waals surface area contributed by atoms with E-state index in [9.17, 15) is 4.79 Å². The second-order valence-corrected chi connectivity index (χ2v) is 3.78. The summed E-state index contributed by atoms with van der Waals surface area (Å²) >= 11 is 0. The van der Waals surface area contributed by atoms with Crippen molar-refractivity contribution in [2.75, 3.05) is 0 Å². The van der Waals surface area contributed by atoms with Crippen LogP contribution in [0, 0.1) is 0 Å². The zero-order valence-corrected chi connectivity index (χ0v) is 16.6. The molecule has 1 heterocycles. The first-order chi connectivity index (χ1) is 11.9. The van der Waals surface area contributed by atoms with Gasteiger partial charge in [0.15, 0.2) is 0 Å². The van der Waals surface area contributed by atoms with E-state index in [2.05, 4.69) is 0 Å². The number of carbonyl (C=O) groups is 1. The van der Waals surface area contributed by atoms with Gasteiger partial charge in [-0.05, 0) is 22.8 Å². The molecule has 24 heavy (non-hydrogen) atoms. The van der Waals surface area contributed by atoms with E-state index in [-0.39, 0.29) is 5.97 Å². The Labute approximate surface area is 148 Å². The van der Waals surface area contributed by atoms with Gasteiger partial charge in [0.1, 0.15) is 6.61 Å². The first-order valence-electron chi connectivity index (χ1n) is 9.21. The molecule has 2 aromatic rings. The number of fused-ring (bicyclic) bond motifs is 3. The molecular weight excluding hydrogens is 296 g/mol. The molecule has 3 rings (SSSR count). The molecule has 2 heteroatoms. The number of hydrogen-bond acceptors (Lipinski definition) is 2. The van der Waals surface area contributed by atoms with E-state index in [0.29, 0.717) is 12.2 Å². The van der Waals surface area contributed by atoms with E-state index >= 15 is 0 Å². The Hall–Kier alpha value is -2.09. The second kappa shape index (κ2) is 15.8. The fourth-order valence-electron chi connectivity index (χ4n) is 2.03. The van der Waals surface area contributed by atoms with E-state index in [4.69, 9.17) is 4.74 Å². The molecule has 0 spiro atoms. The van der Waals surface area contributed by atoms with Crippen LogP contribution in [0.5, 0.6) is 0 Å². The van der Waals surface area contributed by atoms with Gasteiger partial charge >= 0.3 is 5.97 Å². The molecule has 0 fully saturated rings. The van der Waals surface area contributed by atoms with Crippen LogP contribution in [0.15, 0.2) is 48.5 Å². The zero-order valence-electron chi connectivity index (χ0n) is 16.6. The van der Waals surface area contributed by atoms with Crippen LogP contribution in [0.3, 0.4) is 0 Å². The molecule has 0 unspecified atom stereocenters. The average molecular weight is 331 g/mol. The summed E-state index contributed by atoms with van der Waals surface area (Å²) < 4.78 is 5.22. The van der Waals surface area contributed by atoms with Gasteiger partial charge in [-0.15, -0.1) is 0 Å². The van der Waals surface area contributed by atoms with Crippen LogP contribution >= 0.6 is 0 Å². The lowest BCUT2D eigenvalue weighted by atomic mass is 9.97. The maximum atomic E-state index is 11.8. The number of rotatable bonds is 0. The maximum absolute atomic E-state index is 11.8. The summed E-state index contributed by atoms with van der Waals surface area (Å²) in [6.45, 7) is 16.4. The van der Waals surface area contributed by atoms with Crippen LogP contribution in [0.25, 0.3) is 11.1 Å². The largest absolute Gasteiger partial charge is 0.457 e. The summed E-state index contributed by atoms with van der Waals surface area (Å²) in [5.41, 5.74) is 3.75. The van der Waals surface area contributed by atoms with Crippen LogP contribution in [0.1, 0.15) is 71.3 Å². The molecule has 0 atom stereocenters. The Morgan fingerprint density at radius 2 is 1.04 bits per heavy atom. The van der Waals surface area contributed by atoms with Gasteiger partial charge in [-0.3, -0.25) is 0 Å². The summed E-state index contributed by atoms with van der Waals surface area (Å²) in [5.74, 6) is -0.244. The highest BCUT2D eigenvalue weighted by molar-refractivity contribution is 5.98. The molecule has 0 saturated carbocycles. The second-order valence-electron chi connectivity index (χ2n) is 3.78. The van der Waals surface area contributed by atoms with E-state index in [1.165, 1.54) is 0 Å². The molecule has 2 nitrogen and oxygen atoms in total. The SMILES string of the molecule is CC.CC.CC.CC.O=C1OCc2ccccc2-c2ccccc21. The smallest absolute Gasteiger partial charge is 0.339 e. The van der Waals surface area contributed by atoms with Crippen molar-refractivity contribution in [1.29, 1.82) is 0 Å². The van der Waals surface area contributed by atoms with Gasteiger partial charge in [0.2, 0.25) is 0 Å². The molecular formula is C22H34O2. The van der Waals surface area contributed by atoms with Gasteiger partial charge in [-0.1, -0.05) is 97.9 Å². The molecule has 0 bridgehead atoms. The third-order valence-electron chi connectivity index (χ3n) is 2.81. The topological polar surface area (TPSA) is 26.3 Å². The van der Waals surface area contributed by atoms with E-state index in [1.807, 2.05) is 97.9 Å². The van der Waals surface area contributed by atoms with Crippen molar-refractivity contribution in [3.05, 3.63) is 59.7 Å². The molecule has 1 aliphatic heterocycles. The van der Waals surface area contributed by atoms with Gasteiger partial charge in [-0.2, -0.15) is 0 Å². The van der Waals surface area contributed by atoms with Crippen LogP contribution < -0.4 is 0 Å². The minimum Gasteiger partial charge on any atom is -0.457 e. The number of ether oxygens (including phenoxy) is 1. The zero-order chi connectivity index (χ0) is 19.0. The van der Waals surface area contributed by atoms with Crippen LogP contribution in [-0.4, -0.2) is 5.97 Å². The summed E-state index contributed by atoms with van der Waals surface area (Å²) in [6, 6.07) is 15.5. The monoisotopic (exact) mass is 330 g/mol. The molecule has 0 saturated heterocycles. The third kappa shape index (κ3) is 6.57. The highest BCUT2D eigenvalue weighted by Crippen LogP contribution is 2.30. The number of cyclic esters (lactones) is 1. The van der Waals surface area contributed by atoms with Crippen molar-refractivity contribution >= 4 is 5.97 Å². The van der Waals surface area contributed by atoms with Crippen molar-refractivity contribution in [3.63, 3.8) is 0 Å². The molecule has 2 aromatic carbocycles. The number of carbonyl (C=O) groups excluding carboxylic acids is 1. The summed E-state index contributed by atoms with van der Waals surface area (Å²) in [5, 5.41) is 0. The van der Waals surface area contributed by atoms with Gasteiger partial charge in [0.25, 0.3) is 0 Å². The normalized spacial score (nSPS) is 9.92. The minimum absolute atomic E-state index is 0.244. The van der Waals surface area contributed by atoms with Gasteiger partial charge in [0, 0.05) is 0 Å². The Morgan fingerprint density at radius 3 is 1.58 bits per heavy atom. The summed E-state index contributed by atoms with van der Waals surface area (Å²) in [7, 11) is 0. The molecule has 134 valence electrons. The highest BCUT2D eigenvalue weighted by Gasteiger charge is 2.19. The van der Waals surface area contributed by atoms with E-state index < -0.39 is 0 Å². The highest BCUT2D eigenvalue weighted by atomic mass is 16.5. The maximum Gasteiger partial charge on any atom is 0.339 e. The Kier molecular flexibility index (Phi) is 15.9. The molecule has 0 aliphatic carbocycles. The van der Waals surface area contributed by atoms with Gasteiger partial charge in [0.05, 0.1) is 5.56 Å². The number of esters is 1. The van der Waals surface area contributed by atoms with Gasteiger partial charge < -0.3 is 4.74 Å². The van der Waals surface area contributed by atoms with Crippen molar-refractivity contribution in [2.24, 2.45) is 0 Å². The number of hydrogen-bond donors (Lipinski definition) is 0. The molecule has 1 aliphatic rings.